The van der Waals surface area contributed by atoms with Gasteiger partial charge in [-0.2, -0.15) is 5.10 Å². The van der Waals surface area contributed by atoms with Crippen LogP contribution >= 0.6 is 0 Å². The van der Waals surface area contributed by atoms with Crippen LogP contribution in [0.2, 0.25) is 0 Å². The second kappa shape index (κ2) is 5.34. The summed E-state index contributed by atoms with van der Waals surface area (Å²) in [7, 11) is 1.91. The summed E-state index contributed by atoms with van der Waals surface area (Å²) in [6, 6.07) is 2.21. The maximum absolute atomic E-state index is 12.2. The van der Waals surface area contributed by atoms with Gasteiger partial charge in [0.05, 0.1) is 0 Å². The normalized spacial score (nSPS) is 17.8. The minimum absolute atomic E-state index is 0.0428. The Morgan fingerprint density at radius 1 is 1.35 bits per heavy atom. The molecule has 0 aliphatic heterocycles. The molecule has 0 atom stereocenters. The van der Waals surface area contributed by atoms with Crippen LogP contribution in [0, 0.1) is 6.92 Å². The lowest BCUT2D eigenvalue weighted by molar-refractivity contribution is 0.0711. The molecule has 94 valence electrons. The molecule has 4 heteroatoms. The Morgan fingerprint density at radius 3 is 2.53 bits per heavy atom. The van der Waals surface area contributed by atoms with E-state index in [0.717, 1.165) is 18.5 Å². The van der Waals surface area contributed by atoms with Crippen LogP contribution in [0.3, 0.4) is 0 Å². The van der Waals surface area contributed by atoms with Crippen LogP contribution in [-0.4, -0.2) is 34.1 Å². The van der Waals surface area contributed by atoms with Crippen LogP contribution in [0.1, 0.15) is 54.7 Å². The fraction of sp³-hybridized carbons (Fsp3) is 0.692. The molecular weight excluding hydrogens is 214 g/mol. The first-order valence-corrected chi connectivity index (χ1v) is 6.47. The zero-order valence-corrected chi connectivity index (χ0v) is 10.7. The molecule has 1 aliphatic carbocycles. The molecule has 0 bridgehead atoms. The summed E-state index contributed by atoms with van der Waals surface area (Å²) in [6.45, 7) is 1.91. The van der Waals surface area contributed by atoms with Gasteiger partial charge in [0.15, 0.2) is 0 Å². The molecule has 1 heterocycles. The van der Waals surface area contributed by atoms with Crippen molar-refractivity contribution in [1.82, 2.24) is 15.1 Å². The fourth-order valence-corrected chi connectivity index (χ4v) is 2.52. The highest BCUT2D eigenvalue weighted by atomic mass is 16.2. The summed E-state index contributed by atoms with van der Waals surface area (Å²) < 4.78 is 0. The topological polar surface area (TPSA) is 49.0 Å². The summed E-state index contributed by atoms with van der Waals surface area (Å²) in [5, 5.41) is 6.86. The van der Waals surface area contributed by atoms with Crippen molar-refractivity contribution in [3.05, 3.63) is 17.5 Å². The zero-order valence-electron chi connectivity index (χ0n) is 10.7. The highest BCUT2D eigenvalue weighted by Gasteiger charge is 2.23. The van der Waals surface area contributed by atoms with Gasteiger partial charge in [0.25, 0.3) is 5.91 Å². The third-order valence-corrected chi connectivity index (χ3v) is 3.62. The van der Waals surface area contributed by atoms with E-state index in [2.05, 4.69) is 10.2 Å². The molecule has 1 N–H and O–H groups in total. The van der Waals surface area contributed by atoms with E-state index in [1.165, 1.54) is 25.7 Å². The van der Waals surface area contributed by atoms with Crippen LogP contribution in [0.4, 0.5) is 0 Å². The second-order valence-corrected chi connectivity index (χ2v) is 5.00. The molecule has 0 radical (unpaired) electrons. The van der Waals surface area contributed by atoms with Crippen LogP contribution < -0.4 is 0 Å². The van der Waals surface area contributed by atoms with Gasteiger partial charge in [-0.1, -0.05) is 25.7 Å². The van der Waals surface area contributed by atoms with Gasteiger partial charge < -0.3 is 4.90 Å². The van der Waals surface area contributed by atoms with Gasteiger partial charge in [0, 0.05) is 18.8 Å². The van der Waals surface area contributed by atoms with E-state index in [1.807, 2.05) is 24.9 Å². The number of H-pyrrole nitrogens is 1. The minimum Gasteiger partial charge on any atom is -0.337 e. The lowest BCUT2D eigenvalue weighted by atomic mass is 10.1. The molecule has 0 unspecified atom stereocenters. The highest BCUT2D eigenvalue weighted by molar-refractivity contribution is 5.92. The van der Waals surface area contributed by atoms with Gasteiger partial charge in [0.2, 0.25) is 0 Å². The van der Waals surface area contributed by atoms with E-state index in [-0.39, 0.29) is 5.91 Å². The van der Waals surface area contributed by atoms with Crippen molar-refractivity contribution in [2.24, 2.45) is 0 Å². The number of hydrogen-bond acceptors (Lipinski definition) is 2. The Kier molecular flexibility index (Phi) is 3.82. The Bertz CT molecular complexity index is 378. The van der Waals surface area contributed by atoms with Gasteiger partial charge in [-0.25, -0.2) is 0 Å². The maximum atomic E-state index is 12.2. The van der Waals surface area contributed by atoms with Crippen LogP contribution in [0.5, 0.6) is 0 Å². The molecular formula is C13H21N3O. The van der Waals surface area contributed by atoms with E-state index in [4.69, 9.17) is 0 Å². The van der Waals surface area contributed by atoms with Crippen LogP contribution in [-0.2, 0) is 0 Å². The molecule has 0 spiro atoms. The van der Waals surface area contributed by atoms with E-state index in [1.54, 1.807) is 0 Å². The van der Waals surface area contributed by atoms with E-state index in [0.29, 0.717) is 11.7 Å². The molecule has 2 rings (SSSR count). The third-order valence-electron chi connectivity index (χ3n) is 3.62. The number of nitrogens with one attached hydrogen (secondary N) is 1. The first-order valence-electron chi connectivity index (χ1n) is 6.47. The zero-order chi connectivity index (χ0) is 12.3. The standard InChI is InChI=1S/C13H21N3O/c1-10-9-12(15-14-10)13(17)16(2)11-7-5-3-4-6-8-11/h9,11H,3-8H2,1-2H3,(H,14,15). The predicted octanol–water partition coefficient (Wildman–Crippen LogP) is 2.51. The molecule has 1 aromatic rings. The lowest BCUT2D eigenvalue weighted by Crippen LogP contribution is -2.36. The summed E-state index contributed by atoms with van der Waals surface area (Å²) >= 11 is 0. The number of carbonyl (C=O) groups is 1. The number of amides is 1. The monoisotopic (exact) mass is 235 g/mol. The molecule has 1 aromatic heterocycles. The van der Waals surface area contributed by atoms with Crippen LogP contribution in [0.25, 0.3) is 0 Å². The van der Waals surface area contributed by atoms with Crippen molar-refractivity contribution in [3.8, 4) is 0 Å². The molecule has 1 amide bonds. The largest absolute Gasteiger partial charge is 0.337 e. The molecule has 0 saturated heterocycles. The fourth-order valence-electron chi connectivity index (χ4n) is 2.52. The van der Waals surface area contributed by atoms with Crippen molar-refractivity contribution in [1.29, 1.82) is 0 Å². The average Bonchev–Trinajstić information content (AvgIpc) is 2.60. The summed E-state index contributed by atoms with van der Waals surface area (Å²) in [5.74, 6) is 0.0428. The van der Waals surface area contributed by atoms with Gasteiger partial charge in [-0.15, -0.1) is 0 Å². The van der Waals surface area contributed by atoms with E-state index < -0.39 is 0 Å². The SMILES string of the molecule is Cc1cc(C(=O)N(C)C2CCCCCC2)n[nH]1. The molecule has 1 aliphatic rings. The van der Waals surface area contributed by atoms with Gasteiger partial charge in [-0.3, -0.25) is 9.89 Å². The molecule has 1 fully saturated rings. The quantitative estimate of drug-likeness (QED) is 0.801. The molecule has 1 saturated carbocycles. The number of aromatic nitrogens is 2. The Morgan fingerprint density at radius 2 is 2.00 bits per heavy atom. The number of aryl methyl sites for hydroxylation is 1. The van der Waals surface area contributed by atoms with Crippen molar-refractivity contribution >= 4 is 5.91 Å². The number of carbonyl (C=O) groups excluding carboxylic acids is 1. The first kappa shape index (κ1) is 12.1. The average molecular weight is 235 g/mol. The Balaban J connectivity index is 2.03. The summed E-state index contributed by atoms with van der Waals surface area (Å²) in [5.41, 5.74) is 1.47. The summed E-state index contributed by atoms with van der Waals surface area (Å²) in [4.78, 5) is 14.1. The molecule has 0 aromatic carbocycles. The lowest BCUT2D eigenvalue weighted by Gasteiger charge is -2.26. The highest BCUT2D eigenvalue weighted by Crippen LogP contribution is 2.22. The Hall–Kier alpha value is -1.32. The minimum atomic E-state index is 0.0428. The van der Waals surface area contributed by atoms with Crippen LogP contribution in [0.15, 0.2) is 6.07 Å². The van der Waals surface area contributed by atoms with Crippen molar-refractivity contribution in [2.75, 3.05) is 7.05 Å². The van der Waals surface area contributed by atoms with Gasteiger partial charge >= 0.3 is 0 Å². The first-order chi connectivity index (χ1) is 8.18. The molecule has 17 heavy (non-hydrogen) atoms. The van der Waals surface area contributed by atoms with E-state index in [9.17, 15) is 4.79 Å². The number of hydrogen-bond donors (Lipinski definition) is 1. The van der Waals surface area contributed by atoms with Gasteiger partial charge in [-0.05, 0) is 25.8 Å². The number of aromatic amines is 1. The van der Waals surface area contributed by atoms with Crippen molar-refractivity contribution in [3.63, 3.8) is 0 Å². The third kappa shape index (κ3) is 2.87. The predicted molar refractivity (Wildman–Crippen MR) is 66.9 cm³/mol. The van der Waals surface area contributed by atoms with Gasteiger partial charge in [0.1, 0.15) is 5.69 Å². The second-order valence-electron chi connectivity index (χ2n) is 5.00. The van der Waals surface area contributed by atoms with E-state index >= 15 is 0 Å². The van der Waals surface area contributed by atoms with Crippen molar-refractivity contribution < 1.29 is 4.79 Å². The Labute approximate surface area is 102 Å². The summed E-state index contributed by atoms with van der Waals surface area (Å²) in [6.07, 6.45) is 7.35. The molecule has 4 nitrogen and oxygen atoms in total. The smallest absolute Gasteiger partial charge is 0.274 e. The van der Waals surface area contributed by atoms with Crippen molar-refractivity contribution in [2.45, 2.75) is 51.5 Å². The number of rotatable bonds is 2. The number of nitrogens with zero attached hydrogens (tertiary/aromatic N) is 2. The maximum Gasteiger partial charge on any atom is 0.274 e.